The molecule has 0 radical (unpaired) electrons. The summed E-state index contributed by atoms with van der Waals surface area (Å²) in [6.07, 6.45) is 1.57. The van der Waals surface area contributed by atoms with Crippen molar-refractivity contribution < 1.29 is 9.18 Å². The van der Waals surface area contributed by atoms with E-state index in [4.69, 9.17) is 17.3 Å². The Balaban J connectivity index is 2.05. The number of rotatable bonds is 3. The van der Waals surface area contributed by atoms with Crippen LogP contribution in [-0.4, -0.2) is 15.7 Å². The van der Waals surface area contributed by atoms with Crippen molar-refractivity contribution in [1.82, 2.24) is 9.78 Å². The molecule has 0 aliphatic carbocycles. The molecule has 0 fully saturated rings. The minimum absolute atomic E-state index is 0.0238. The summed E-state index contributed by atoms with van der Waals surface area (Å²) in [4.78, 5) is 11.7. The normalized spacial score (nSPS) is 10.3. The molecular weight excluding hydrogens is 259 g/mol. The SMILES string of the molecule is Nc1ccn(CC(=O)Nc2cc(F)ccc2Cl)n1. The van der Waals surface area contributed by atoms with Crippen LogP contribution in [-0.2, 0) is 11.3 Å². The Kier molecular flexibility index (Phi) is 3.47. The highest BCUT2D eigenvalue weighted by molar-refractivity contribution is 6.33. The van der Waals surface area contributed by atoms with Crippen LogP contribution in [0.25, 0.3) is 0 Å². The number of aromatic nitrogens is 2. The minimum atomic E-state index is -0.474. The average Bonchev–Trinajstić information content (AvgIpc) is 2.69. The summed E-state index contributed by atoms with van der Waals surface area (Å²) in [6.45, 7) is -0.0238. The fraction of sp³-hybridized carbons (Fsp3) is 0.0909. The van der Waals surface area contributed by atoms with Gasteiger partial charge in [0.2, 0.25) is 5.91 Å². The molecular formula is C11H10ClFN4O. The van der Waals surface area contributed by atoms with Crippen LogP contribution in [0.15, 0.2) is 30.5 Å². The van der Waals surface area contributed by atoms with Gasteiger partial charge in [0.1, 0.15) is 18.2 Å². The van der Waals surface area contributed by atoms with E-state index in [-0.39, 0.29) is 23.2 Å². The standard InChI is InChI=1S/C11H10ClFN4O/c12-8-2-1-7(13)5-9(8)15-11(18)6-17-4-3-10(14)16-17/h1-5H,6H2,(H2,14,16)(H,15,18). The highest BCUT2D eigenvalue weighted by Gasteiger charge is 2.08. The molecule has 0 aliphatic heterocycles. The van der Waals surface area contributed by atoms with Gasteiger partial charge in [-0.1, -0.05) is 11.6 Å². The fourth-order valence-electron chi connectivity index (χ4n) is 1.40. The number of hydrogen-bond acceptors (Lipinski definition) is 3. The molecule has 1 amide bonds. The molecule has 0 atom stereocenters. The van der Waals surface area contributed by atoms with Crippen molar-refractivity contribution in [1.29, 1.82) is 0 Å². The summed E-state index contributed by atoms with van der Waals surface area (Å²) in [6, 6.07) is 5.31. The monoisotopic (exact) mass is 268 g/mol. The molecule has 0 bridgehead atoms. The zero-order valence-electron chi connectivity index (χ0n) is 9.23. The summed E-state index contributed by atoms with van der Waals surface area (Å²) < 4.78 is 14.4. The van der Waals surface area contributed by atoms with Gasteiger partial charge in [0, 0.05) is 6.20 Å². The summed E-state index contributed by atoms with van der Waals surface area (Å²) in [7, 11) is 0. The largest absolute Gasteiger partial charge is 0.382 e. The number of nitrogens with two attached hydrogens (primary N) is 1. The van der Waals surface area contributed by atoms with Crippen molar-refractivity contribution in [2.24, 2.45) is 0 Å². The maximum atomic E-state index is 13.0. The Labute approximate surface area is 107 Å². The number of halogens is 2. The average molecular weight is 269 g/mol. The van der Waals surface area contributed by atoms with E-state index in [0.29, 0.717) is 5.82 Å². The van der Waals surface area contributed by atoms with Gasteiger partial charge in [-0.3, -0.25) is 9.48 Å². The van der Waals surface area contributed by atoms with Crippen LogP contribution < -0.4 is 11.1 Å². The molecule has 18 heavy (non-hydrogen) atoms. The van der Waals surface area contributed by atoms with Crippen LogP contribution in [0.5, 0.6) is 0 Å². The van der Waals surface area contributed by atoms with E-state index in [1.54, 1.807) is 12.3 Å². The fourth-order valence-corrected chi connectivity index (χ4v) is 1.56. The summed E-state index contributed by atoms with van der Waals surface area (Å²) in [5, 5.41) is 6.62. The van der Waals surface area contributed by atoms with Crippen molar-refractivity contribution in [3.8, 4) is 0 Å². The third-order valence-electron chi connectivity index (χ3n) is 2.17. The number of amides is 1. The van der Waals surface area contributed by atoms with Crippen molar-refractivity contribution in [3.05, 3.63) is 41.3 Å². The second-order valence-electron chi connectivity index (χ2n) is 3.61. The molecule has 94 valence electrons. The quantitative estimate of drug-likeness (QED) is 0.893. The van der Waals surface area contributed by atoms with E-state index < -0.39 is 5.82 Å². The van der Waals surface area contributed by atoms with Crippen LogP contribution in [0.4, 0.5) is 15.9 Å². The molecule has 2 aromatic rings. The van der Waals surface area contributed by atoms with Crippen molar-refractivity contribution in [2.75, 3.05) is 11.1 Å². The second-order valence-corrected chi connectivity index (χ2v) is 4.02. The zero-order chi connectivity index (χ0) is 13.1. The van der Waals surface area contributed by atoms with E-state index in [9.17, 15) is 9.18 Å². The third-order valence-corrected chi connectivity index (χ3v) is 2.50. The van der Waals surface area contributed by atoms with E-state index in [2.05, 4.69) is 10.4 Å². The van der Waals surface area contributed by atoms with Gasteiger partial charge < -0.3 is 11.1 Å². The van der Waals surface area contributed by atoms with Crippen LogP contribution >= 0.6 is 11.6 Å². The molecule has 2 rings (SSSR count). The predicted octanol–water partition coefficient (Wildman–Crippen LogP) is 1.90. The zero-order valence-corrected chi connectivity index (χ0v) is 9.99. The Morgan fingerprint density at radius 1 is 1.50 bits per heavy atom. The van der Waals surface area contributed by atoms with Gasteiger partial charge in [-0.2, -0.15) is 5.10 Å². The van der Waals surface area contributed by atoms with E-state index in [0.717, 1.165) is 6.07 Å². The van der Waals surface area contributed by atoms with E-state index in [1.165, 1.54) is 16.8 Å². The first-order valence-electron chi connectivity index (χ1n) is 5.08. The molecule has 5 nitrogen and oxygen atoms in total. The maximum Gasteiger partial charge on any atom is 0.246 e. The number of benzene rings is 1. The Bertz CT molecular complexity index is 584. The number of hydrogen-bond donors (Lipinski definition) is 2. The highest BCUT2D eigenvalue weighted by Crippen LogP contribution is 2.22. The molecule has 1 aromatic carbocycles. The van der Waals surface area contributed by atoms with E-state index >= 15 is 0 Å². The number of carbonyl (C=O) groups excluding carboxylic acids is 1. The van der Waals surface area contributed by atoms with Gasteiger partial charge in [0.25, 0.3) is 0 Å². The first kappa shape index (κ1) is 12.4. The first-order valence-corrected chi connectivity index (χ1v) is 5.46. The maximum absolute atomic E-state index is 13.0. The molecule has 7 heteroatoms. The Morgan fingerprint density at radius 2 is 2.28 bits per heavy atom. The summed E-state index contributed by atoms with van der Waals surface area (Å²) in [5.41, 5.74) is 5.64. The third kappa shape index (κ3) is 2.98. The predicted molar refractivity (Wildman–Crippen MR) is 66.7 cm³/mol. The van der Waals surface area contributed by atoms with Gasteiger partial charge in [-0.25, -0.2) is 4.39 Å². The van der Waals surface area contributed by atoms with Crippen LogP contribution in [0, 0.1) is 5.82 Å². The van der Waals surface area contributed by atoms with E-state index in [1.807, 2.05) is 0 Å². The number of nitrogens with one attached hydrogen (secondary N) is 1. The van der Waals surface area contributed by atoms with Crippen LogP contribution in [0.3, 0.4) is 0 Å². The lowest BCUT2D eigenvalue weighted by Crippen LogP contribution is -2.19. The van der Waals surface area contributed by atoms with Gasteiger partial charge in [-0.15, -0.1) is 0 Å². The summed E-state index contributed by atoms with van der Waals surface area (Å²) >= 11 is 5.82. The lowest BCUT2D eigenvalue weighted by molar-refractivity contribution is -0.116. The van der Waals surface area contributed by atoms with Gasteiger partial charge >= 0.3 is 0 Å². The van der Waals surface area contributed by atoms with Crippen LogP contribution in [0.1, 0.15) is 0 Å². The number of carbonyl (C=O) groups is 1. The summed E-state index contributed by atoms with van der Waals surface area (Å²) in [5.74, 6) is -0.518. The lowest BCUT2D eigenvalue weighted by atomic mass is 10.3. The number of nitrogens with zero attached hydrogens (tertiary/aromatic N) is 2. The Hall–Kier alpha value is -2.08. The lowest BCUT2D eigenvalue weighted by Gasteiger charge is -2.07. The van der Waals surface area contributed by atoms with Crippen LogP contribution in [0.2, 0.25) is 5.02 Å². The molecule has 0 unspecified atom stereocenters. The molecule has 0 saturated carbocycles. The van der Waals surface area contributed by atoms with Gasteiger partial charge in [0.15, 0.2) is 0 Å². The number of anilines is 2. The molecule has 0 aliphatic rings. The highest BCUT2D eigenvalue weighted by atomic mass is 35.5. The molecule has 0 spiro atoms. The molecule has 1 heterocycles. The van der Waals surface area contributed by atoms with Crippen molar-refractivity contribution >= 4 is 29.0 Å². The molecule has 0 saturated heterocycles. The topological polar surface area (TPSA) is 72.9 Å². The van der Waals surface area contributed by atoms with Crippen molar-refractivity contribution in [3.63, 3.8) is 0 Å². The Morgan fingerprint density at radius 3 is 2.94 bits per heavy atom. The smallest absolute Gasteiger partial charge is 0.246 e. The molecule has 3 N–H and O–H groups in total. The van der Waals surface area contributed by atoms with Gasteiger partial charge in [-0.05, 0) is 24.3 Å². The second kappa shape index (κ2) is 5.05. The van der Waals surface area contributed by atoms with Gasteiger partial charge in [0.05, 0.1) is 10.7 Å². The first-order chi connectivity index (χ1) is 8.54. The number of nitrogen functional groups attached to an aromatic ring is 1. The van der Waals surface area contributed by atoms with Crippen molar-refractivity contribution in [2.45, 2.75) is 6.54 Å². The minimum Gasteiger partial charge on any atom is -0.382 e. The molecule has 1 aromatic heterocycles.